The summed E-state index contributed by atoms with van der Waals surface area (Å²) in [5.74, 6) is 0. The minimum atomic E-state index is -6.17. The number of rotatable bonds is 0. The van der Waals surface area contributed by atoms with E-state index in [1.807, 2.05) is 0 Å². The van der Waals surface area contributed by atoms with Gasteiger partial charge in [0.25, 0.3) is 0 Å². The molecule has 0 aliphatic carbocycles. The molecule has 0 saturated carbocycles. The van der Waals surface area contributed by atoms with Crippen LogP contribution in [0.15, 0.2) is 0 Å². The maximum absolute atomic E-state index is 8.58. The molecular weight excluding hydrogens is 346 g/mol. The Kier molecular flexibility index (Phi) is 12.4. The summed E-state index contributed by atoms with van der Waals surface area (Å²) in [4.78, 5) is 6.19. The Labute approximate surface area is 187 Å². The third kappa shape index (κ3) is 3.17. The Bertz CT molecular complexity index is 399. The molecule has 0 aliphatic heterocycles. The molecule has 0 aliphatic rings. The first-order valence-corrected chi connectivity index (χ1v) is 5.71. The minimum Gasteiger partial charge on any atom is 1.00 e. The van der Waals surface area contributed by atoms with Gasteiger partial charge in [-0.3, -0.25) is 0 Å². The number of hydrogen-bond acceptors (Lipinski definition) is 6. The number of nitriles is 6. The van der Waals surface area contributed by atoms with E-state index in [1.165, 1.54) is 0 Å². The monoisotopic (exact) mass is 346 g/mol. The van der Waals surface area contributed by atoms with Crippen LogP contribution in [0.4, 0.5) is 0 Å². The first-order valence-electron chi connectivity index (χ1n) is 2.40. The van der Waals surface area contributed by atoms with Crippen LogP contribution in [-0.2, 0) is 27.8 Å². The maximum Gasteiger partial charge on any atom is 2.00 e. The second kappa shape index (κ2) is 7.63. The van der Waals surface area contributed by atoms with Gasteiger partial charge in [0.15, 0.2) is 0 Å². The molecule has 0 aromatic heterocycles. The summed E-state index contributed by atoms with van der Waals surface area (Å²) in [5, 5.41) is 51.5. The van der Waals surface area contributed by atoms with Crippen LogP contribution in [0.25, 0.3) is 0 Å². The van der Waals surface area contributed by atoms with Gasteiger partial charge in [-0.25, -0.2) is 0 Å². The third-order valence-electron chi connectivity index (χ3n) is 1.19. The molecule has 72 valence electrons. The van der Waals surface area contributed by atoms with Crippen molar-refractivity contribution in [1.29, 1.82) is 31.6 Å². The van der Waals surface area contributed by atoms with Gasteiger partial charge in [-0.1, -0.05) is 0 Å². The standard InChI is InChI=1S/6CN.2Fe.2K/c6*1-2;;;;/q;;;;;;-4;+2;2*+1. The molecule has 0 radical (unpaired) electrons. The van der Waals surface area contributed by atoms with E-state index in [0.717, 1.165) is 29.8 Å². The van der Waals surface area contributed by atoms with Crippen LogP contribution in [0.2, 0.25) is 0 Å². The Hall–Kier alpha value is 1.25. The van der Waals surface area contributed by atoms with Crippen LogP contribution < -0.4 is 103 Å². The van der Waals surface area contributed by atoms with E-state index in [-0.39, 0.29) is 120 Å². The van der Waals surface area contributed by atoms with Gasteiger partial charge >= 0.3 is 192 Å². The molecule has 0 heterocycles. The molecule has 0 spiro atoms. The van der Waals surface area contributed by atoms with Crippen LogP contribution >= 0.6 is 0 Å². The summed E-state index contributed by atoms with van der Waals surface area (Å²) < 4.78 is 0. The molecule has 0 atom stereocenters. The fourth-order valence-electron chi connectivity index (χ4n) is 0.265. The van der Waals surface area contributed by atoms with Crippen molar-refractivity contribution in [3.8, 4) is 29.8 Å². The van der Waals surface area contributed by atoms with Gasteiger partial charge < -0.3 is 0 Å². The summed E-state index contributed by atoms with van der Waals surface area (Å²) in [6, 6.07) is 0. The zero-order valence-corrected chi connectivity index (χ0v) is 16.8. The Balaban J connectivity index is -0.000000240. The summed E-state index contributed by atoms with van der Waals surface area (Å²) in [6.07, 6.45) is 0. The zero-order valence-electron chi connectivity index (χ0n) is 8.39. The fraction of sp³-hybridized carbons (Fsp3) is 0. The van der Waals surface area contributed by atoms with Crippen LogP contribution in [0, 0.1) is 61.4 Å². The average Bonchev–Trinajstić information content (AvgIpc) is 2.26. The Morgan fingerprint density at radius 1 is 0.500 bits per heavy atom. The van der Waals surface area contributed by atoms with E-state index in [0.29, 0.717) is 0 Å². The molecule has 16 heavy (non-hydrogen) atoms. The average molecular weight is 346 g/mol. The van der Waals surface area contributed by atoms with Gasteiger partial charge in [0, 0.05) is 0 Å². The molecule has 0 amide bonds. The zero-order chi connectivity index (χ0) is 10.7. The van der Waals surface area contributed by atoms with E-state index in [2.05, 4.69) is 0 Å². The van der Waals surface area contributed by atoms with Crippen molar-refractivity contribution in [1.82, 2.24) is 0 Å². The van der Waals surface area contributed by atoms with Crippen molar-refractivity contribution in [3.63, 3.8) is 0 Å². The first kappa shape index (κ1) is 25.9. The molecule has 6 nitrogen and oxygen atoms in total. The quantitative estimate of drug-likeness (QED) is 0.400. The molecule has 0 aromatic carbocycles. The van der Waals surface area contributed by atoms with E-state index >= 15 is 0 Å². The van der Waals surface area contributed by atoms with Gasteiger partial charge in [-0.15, -0.1) is 0 Å². The molecule has 0 fully saturated rings. The SMILES string of the molecule is N#[C][Fe-4]([C]#N)([C]#N)([C]#N)([C]#N)[C]#N.[Fe+2].[K+].[K+]. The summed E-state index contributed by atoms with van der Waals surface area (Å²) in [7, 11) is -6.17. The second-order valence-electron chi connectivity index (χ2n) is 1.80. The summed E-state index contributed by atoms with van der Waals surface area (Å²) in [5.41, 5.74) is 0. The fourth-order valence-corrected chi connectivity index (χ4v) is 1.09. The van der Waals surface area contributed by atoms with Crippen molar-refractivity contribution in [2.24, 2.45) is 0 Å². The molecule has 0 saturated heterocycles. The number of nitrogens with zero attached hydrogens (tertiary/aromatic N) is 6. The van der Waals surface area contributed by atoms with Gasteiger partial charge in [0.2, 0.25) is 0 Å². The molecular formula is C6Fe2K2N6. The third-order valence-corrected chi connectivity index (χ3v) is 4.89. The van der Waals surface area contributed by atoms with Crippen molar-refractivity contribution < 1.29 is 131 Å². The molecule has 0 unspecified atom stereocenters. The maximum atomic E-state index is 8.58. The first-order chi connectivity index (χ1) is 5.97. The van der Waals surface area contributed by atoms with Crippen LogP contribution in [0.1, 0.15) is 0 Å². The van der Waals surface area contributed by atoms with Crippen molar-refractivity contribution in [3.05, 3.63) is 0 Å². The molecule has 0 aromatic rings. The van der Waals surface area contributed by atoms with E-state index in [4.69, 9.17) is 31.6 Å². The summed E-state index contributed by atoms with van der Waals surface area (Å²) in [6.45, 7) is 0. The molecule has 0 N–H and O–H groups in total. The predicted molar refractivity (Wildman–Crippen MR) is 33.7 cm³/mol. The van der Waals surface area contributed by atoms with E-state index in [9.17, 15) is 0 Å². The van der Waals surface area contributed by atoms with E-state index in [1.54, 1.807) is 0 Å². The van der Waals surface area contributed by atoms with Crippen molar-refractivity contribution in [2.45, 2.75) is 0 Å². The van der Waals surface area contributed by atoms with Gasteiger partial charge in [-0.2, -0.15) is 0 Å². The Morgan fingerprint density at radius 3 is 0.625 bits per heavy atom. The minimum absolute atomic E-state index is 0. The van der Waals surface area contributed by atoms with Crippen LogP contribution in [-0.4, -0.2) is 0 Å². The van der Waals surface area contributed by atoms with Gasteiger partial charge in [0.05, 0.1) is 0 Å². The topological polar surface area (TPSA) is 143 Å². The van der Waals surface area contributed by atoms with Crippen LogP contribution in [0.3, 0.4) is 0 Å². The van der Waals surface area contributed by atoms with Gasteiger partial charge in [0.1, 0.15) is 0 Å². The predicted octanol–water partition coefficient (Wildman–Crippen LogP) is -5.90. The smallest absolute Gasteiger partial charge is 1.00 e. The molecule has 10 heteroatoms. The van der Waals surface area contributed by atoms with Gasteiger partial charge in [-0.05, 0) is 0 Å². The normalized spacial score (nSPS) is 10.9. The molecule has 0 rings (SSSR count). The van der Waals surface area contributed by atoms with E-state index < -0.39 is 10.7 Å². The van der Waals surface area contributed by atoms with Crippen molar-refractivity contribution >= 4 is 0 Å². The number of hydrogen-bond donors (Lipinski definition) is 0. The molecule has 0 bridgehead atoms. The van der Waals surface area contributed by atoms with Crippen LogP contribution in [0.5, 0.6) is 0 Å². The van der Waals surface area contributed by atoms with Crippen molar-refractivity contribution in [2.75, 3.05) is 0 Å². The second-order valence-corrected chi connectivity index (χ2v) is 7.42. The summed E-state index contributed by atoms with van der Waals surface area (Å²) >= 11 is 0. The largest absolute Gasteiger partial charge is 2.00 e. The Morgan fingerprint density at radius 2 is 0.625 bits per heavy atom.